The van der Waals surface area contributed by atoms with Gasteiger partial charge in [-0.3, -0.25) is 9.59 Å². The van der Waals surface area contributed by atoms with Crippen molar-refractivity contribution in [3.05, 3.63) is 47.2 Å². The Morgan fingerprint density at radius 1 is 1.21 bits per heavy atom. The molecule has 0 fully saturated rings. The first-order chi connectivity index (χ1) is 14.0. The summed E-state index contributed by atoms with van der Waals surface area (Å²) in [6, 6.07) is 9.26. The first-order valence-corrected chi connectivity index (χ1v) is 10.9. The monoisotopic (exact) mass is 430 g/mol. The van der Waals surface area contributed by atoms with Gasteiger partial charge in [0.15, 0.2) is 10.3 Å². The Labute approximate surface area is 177 Å². The van der Waals surface area contributed by atoms with Gasteiger partial charge in [0.05, 0.1) is 17.4 Å². The van der Waals surface area contributed by atoms with Crippen LogP contribution in [0.4, 0.5) is 10.8 Å². The fourth-order valence-electron chi connectivity index (χ4n) is 2.55. The van der Waals surface area contributed by atoms with E-state index in [-0.39, 0.29) is 23.5 Å². The molecule has 1 atom stereocenters. The Bertz CT molecular complexity index is 986. The number of anilines is 2. The highest BCUT2D eigenvalue weighted by atomic mass is 32.2. The highest BCUT2D eigenvalue weighted by molar-refractivity contribution is 8.00. The van der Waals surface area contributed by atoms with Crippen LogP contribution < -0.4 is 10.6 Å². The zero-order chi connectivity index (χ0) is 20.8. The number of benzene rings is 1. The van der Waals surface area contributed by atoms with Crippen molar-refractivity contribution in [3.63, 3.8) is 0 Å². The van der Waals surface area contributed by atoms with Gasteiger partial charge in [0.25, 0.3) is 0 Å². The molecule has 0 saturated carbocycles. The fourth-order valence-corrected chi connectivity index (χ4v) is 4.18. The standard InChI is InChI=1S/C19H22N6O2S2/c1-4-25-15(10-16(26)21-14-8-6-5-7-9-14)23-24-19(25)29-13(3)17(27)22-18-20-12(2)11-28-18/h5-9,11,13H,4,10H2,1-3H3,(H,21,26)(H,20,22,27). The van der Waals surface area contributed by atoms with Crippen molar-refractivity contribution in [3.8, 4) is 0 Å². The van der Waals surface area contributed by atoms with E-state index < -0.39 is 0 Å². The second kappa shape index (κ2) is 9.66. The van der Waals surface area contributed by atoms with Crippen LogP contribution in [0.2, 0.25) is 0 Å². The Kier molecular flexibility index (Phi) is 6.99. The molecule has 1 unspecified atom stereocenters. The number of para-hydroxylation sites is 1. The quantitative estimate of drug-likeness (QED) is 0.531. The largest absolute Gasteiger partial charge is 0.326 e. The highest BCUT2D eigenvalue weighted by Crippen LogP contribution is 2.24. The summed E-state index contributed by atoms with van der Waals surface area (Å²) in [5.41, 5.74) is 1.60. The van der Waals surface area contributed by atoms with Crippen LogP contribution in [0, 0.1) is 6.92 Å². The molecule has 0 bridgehead atoms. The maximum Gasteiger partial charge on any atom is 0.239 e. The van der Waals surface area contributed by atoms with Crippen molar-refractivity contribution >= 4 is 45.7 Å². The maximum absolute atomic E-state index is 12.4. The molecule has 0 aliphatic rings. The molecule has 2 N–H and O–H groups in total. The first-order valence-electron chi connectivity index (χ1n) is 9.13. The van der Waals surface area contributed by atoms with Crippen LogP contribution in [0.1, 0.15) is 25.4 Å². The average molecular weight is 431 g/mol. The molecule has 3 aromatic rings. The van der Waals surface area contributed by atoms with Gasteiger partial charge in [-0.25, -0.2) is 4.98 Å². The third-order valence-electron chi connectivity index (χ3n) is 3.99. The molecule has 3 rings (SSSR count). The van der Waals surface area contributed by atoms with Crippen LogP contribution in [-0.4, -0.2) is 36.8 Å². The Morgan fingerprint density at radius 2 is 1.97 bits per heavy atom. The number of hydrogen-bond acceptors (Lipinski definition) is 7. The number of carbonyl (C=O) groups excluding carboxylic acids is 2. The summed E-state index contributed by atoms with van der Waals surface area (Å²) in [4.78, 5) is 29.0. The number of nitrogens with one attached hydrogen (secondary N) is 2. The van der Waals surface area contributed by atoms with Crippen molar-refractivity contribution in [2.24, 2.45) is 0 Å². The highest BCUT2D eigenvalue weighted by Gasteiger charge is 2.21. The number of thioether (sulfide) groups is 1. The van der Waals surface area contributed by atoms with Crippen LogP contribution in [0.5, 0.6) is 0 Å². The predicted octanol–water partition coefficient (Wildman–Crippen LogP) is 3.36. The number of amides is 2. The molecule has 1 aromatic carbocycles. The smallest absolute Gasteiger partial charge is 0.239 e. The van der Waals surface area contributed by atoms with Crippen molar-refractivity contribution in [2.75, 3.05) is 10.6 Å². The second-order valence-corrected chi connectivity index (χ2v) is 8.44. The number of aryl methyl sites for hydroxylation is 1. The lowest BCUT2D eigenvalue weighted by atomic mass is 10.3. The molecule has 2 heterocycles. The van der Waals surface area contributed by atoms with E-state index in [1.807, 2.05) is 54.1 Å². The molecule has 0 aliphatic heterocycles. The SMILES string of the molecule is CCn1c(CC(=O)Nc2ccccc2)nnc1SC(C)C(=O)Nc1nc(C)cs1. The van der Waals surface area contributed by atoms with Crippen LogP contribution in [0.25, 0.3) is 0 Å². The fraction of sp³-hybridized carbons (Fsp3) is 0.316. The molecule has 0 saturated heterocycles. The minimum absolute atomic E-state index is 0.106. The van der Waals surface area contributed by atoms with Gasteiger partial charge in [-0.15, -0.1) is 21.5 Å². The molecule has 10 heteroatoms. The van der Waals surface area contributed by atoms with Crippen molar-refractivity contribution in [2.45, 2.75) is 44.1 Å². The minimum Gasteiger partial charge on any atom is -0.326 e. The summed E-state index contributed by atoms with van der Waals surface area (Å²) in [7, 11) is 0. The number of thiazole rings is 1. The van der Waals surface area contributed by atoms with Crippen LogP contribution in [-0.2, 0) is 22.6 Å². The molecule has 152 valence electrons. The van der Waals surface area contributed by atoms with Crippen molar-refractivity contribution < 1.29 is 9.59 Å². The van der Waals surface area contributed by atoms with E-state index in [1.165, 1.54) is 23.1 Å². The van der Waals surface area contributed by atoms with E-state index in [1.54, 1.807) is 6.92 Å². The average Bonchev–Trinajstić information content (AvgIpc) is 3.27. The van der Waals surface area contributed by atoms with E-state index in [0.717, 1.165) is 11.4 Å². The summed E-state index contributed by atoms with van der Waals surface area (Å²) in [5.74, 6) is 0.241. The number of aromatic nitrogens is 4. The molecular weight excluding hydrogens is 408 g/mol. The Morgan fingerprint density at radius 3 is 2.62 bits per heavy atom. The number of carbonyl (C=O) groups is 2. The third kappa shape index (κ3) is 5.64. The van der Waals surface area contributed by atoms with Gasteiger partial charge in [0.2, 0.25) is 11.8 Å². The summed E-state index contributed by atoms with van der Waals surface area (Å²) in [6.45, 7) is 6.23. The number of nitrogens with zero attached hydrogens (tertiary/aromatic N) is 4. The molecule has 29 heavy (non-hydrogen) atoms. The summed E-state index contributed by atoms with van der Waals surface area (Å²) >= 11 is 2.69. The zero-order valence-corrected chi connectivity index (χ0v) is 18.0. The van der Waals surface area contributed by atoms with Gasteiger partial charge >= 0.3 is 0 Å². The normalized spacial score (nSPS) is 11.8. The van der Waals surface area contributed by atoms with Crippen LogP contribution in [0.3, 0.4) is 0 Å². The topological polar surface area (TPSA) is 102 Å². The lowest BCUT2D eigenvalue weighted by Gasteiger charge is -2.11. The van der Waals surface area contributed by atoms with Crippen LogP contribution >= 0.6 is 23.1 Å². The molecule has 0 radical (unpaired) electrons. The predicted molar refractivity (Wildman–Crippen MR) is 115 cm³/mol. The van der Waals surface area contributed by atoms with Crippen molar-refractivity contribution in [1.29, 1.82) is 0 Å². The lowest BCUT2D eigenvalue weighted by molar-refractivity contribution is -0.116. The summed E-state index contributed by atoms with van der Waals surface area (Å²) < 4.78 is 1.85. The van der Waals surface area contributed by atoms with Gasteiger partial charge < -0.3 is 15.2 Å². The van der Waals surface area contributed by atoms with Crippen LogP contribution in [0.15, 0.2) is 40.9 Å². The van der Waals surface area contributed by atoms with E-state index in [0.29, 0.717) is 22.7 Å². The van der Waals surface area contributed by atoms with Gasteiger partial charge in [-0.2, -0.15) is 0 Å². The molecule has 2 aromatic heterocycles. The molecule has 8 nitrogen and oxygen atoms in total. The molecule has 0 aliphatic carbocycles. The van der Waals surface area contributed by atoms with Crippen molar-refractivity contribution in [1.82, 2.24) is 19.7 Å². The summed E-state index contributed by atoms with van der Waals surface area (Å²) in [6.07, 6.45) is 0.106. The summed E-state index contributed by atoms with van der Waals surface area (Å²) in [5, 5.41) is 16.7. The van der Waals surface area contributed by atoms with E-state index in [4.69, 9.17) is 0 Å². The third-order valence-corrected chi connectivity index (χ3v) is 5.94. The number of rotatable bonds is 8. The first kappa shape index (κ1) is 21.0. The minimum atomic E-state index is -0.389. The molecular formula is C19H22N6O2S2. The van der Waals surface area contributed by atoms with E-state index in [2.05, 4.69) is 25.8 Å². The maximum atomic E-state index is 12.4. The van der Waals surface area contributed by atoms with E-state index >= 15 is 0 Å². The molecule has 2 amide bonds. The zero-order valence-electron chi connectivity index (χ0n) is 16.4. The second-order valence-electron chi connectivity index (χ2n) is 6.28. The Balaban J connectivity index is 1.62. The number of hydrogen-bond donors (Lipinski definition) is 2. The van der Waals surface area contributed by atoms with Gasteiger partial charge in [0, 0.05) is 17.6 Å². The lowest BCUT2D eigenvalue weighted by Crippen LogP contribution is -2.23. The van der Waals surface area contributed by atoms with E-state index in [9.17, 15) is 9.59 Å². The van der Waals surface area contributed by atoms with Gasteiger partial charge in [0.1, 0.15) is 5.82 Å². The van der Waals surface area contributed by atoms with Gasteiger partial charge in [-0.05, 0) is 32.9 Å². The van der Waals surface area contributed by atoms with Gasteiger partial charge in [-0.1, -0.05) is 30.0 Å². The molecule has 0 spiro atoms. The Hall–Kier alpha value is -2.72.